The maximum Gasteiger partial charge on any atom is 0.338 e. The number of ether oxygens (including phenoxy) is 2. The van der Waals surface area contributed by atoms with E-state index in [1.807, 2.05) is 30.3 Å². The lowest BCUT2D eigenvalue weighted by Gasteiger charge is -2.13. The summed E-state index contributed by atoms with van der Waals surface area (Å²) in [5, 5.41) is 0. The van der Waals surface area contributed by atoms with Crippen molar-refractivity contribution in [2.45, 2.75) is 19.5 Å². The second kappa shape index (κ2) is 7.55. The van der Waals surface area contributed by atoms with Gasteiger partial charge < -0.3 is 9.47 Å². The molecule has 0 amide bonds. The van der Waals surface area contributed by atoms with Crippen LogP contribution in [0.2, 0.25) is 0 Å². The Bertz CT molecular complexity index is 669. The van der Waals surface area contributed by atoms with Crippen LogP contribution in [-0.4, -0.2) is 18.5 Å². The average Bonchev–Trinajstić information content (AvgIpc) is 2.50. The van der Waals surface area contributed by atoms with Gasteiger partial charge in [-0.3, -0.25) is 0 Å². The zero-order valence-corrected chi connectivity index (χ0v) is 14.0. The Morgan fingerprint density at radius 3 is 2.52 bits per heavy atom. The Balaban J connectivity index is 2.03. The summed E-state index contributed by atoms with van der Waals surface area (Å²) in [7, 11) is 0. The summed E-state index contributed by atoms with van der Waals surface area (Å²) in [6.45, 7) is 0.136. The Kier molecular flexibility index (Phi) is 5.71. The number of hydrogen-bond donors (Lipinski definition) is 0. The average molecular weight is 385 g/mol. The molecule has 0 radical (unpaired) electrons. The molecule has 3 nitrogen and oxygen atoms in total. The highest BCUT2D eigenvalue weighted by atomic mass is 79.9. The van der Waals surface area contributed by atoms with E-state index in [0.717, 1.165) is 12.5 Å². The topological polar surface area (TPSA) is 35.5 Å². The molecule has 0 unspecified atom stereocenters. The second-order valence-electron chi connectivity index (χ2n) is 5.10. The third kappa shape index (κ3) is 5.98. The van der Waals surface area contributed by atoms with Gasteiger partial charge in [0.15, 0.2) is 6.61 Å². The molecule has 0 fully saturated rings. The third-order valence-electron chi connectivity index (χ3n) is 2.81. The predicted molar refractivity (Wildman–Crippen MR) is 85.8 cm³/mol. The second-order valence-corrected chi connectivity index (χ2v) is 6.01. The van der Waals surface area contributed by atoms with E-state index in [1.165, 1.54) is 12.1 Å². The van der Waals surface area contributed by atoms with E-state index < -0.39 is 18.5 Å². The standard InChI is InChI=1S/C17H15BrF2O3/c1-17(19,20)11-23-15-8-13(7-14(18)9-15)16(21)22-10-12-5-3-2-4-6-12/h2-9H,10-11H2,1H3. The Hall–Kier alpha value is -1.95. The van der Waals surface area contributed by atoms with Gasteiger partial charge in [0, 0.05) is 11.4 Å². The number of benzene rings is 2. The first-order valence-electron chi connectivity index (χ1n) is 6.86. The lowest BCUT2D eigenvalue weighted by atomic mass is 10.2. The van der Waals surface area contributed by atoms with Crippen molar-refractivity contribution in [2.24, 2.45) is 0 Å². The van der Waals surface area contributed by atoms with Crippen LogP contribution in [0.4, 0.5) is 8.78 Å². The smallest absolute Gasteiger partial charge is 0.338 e. The summed E-state index contributed by atoms with van der Waals surface area (Å²) in [5.74, 6) is -3.33. The Morgan fingerprint density at radius 2 is 1.87 bits per heavy atom. The van der Waals surface area contributed by atoms with Crippen LogP contribution in [0.1, 0.15) is 22.8 Å². The highest BCUT2D eigenvalue weighted by molar-refractivity contribution is 9.10. The number of carbonyl (C=O) groups excluding carboxylic acids is 1. The molecule has 0 bridgehead atoms. The van der Waals surface area contributed by atoms with Gasteiger partial charge in [0.05, 0.1) is 5.56 Å². The summed E-state index contributed by atoms with van der Waals surface area (Å²) in [6, 6.07) is 13.7. The van der Waals surface area contributed by atoms with Crippen molar-refractivity contribution in [1.82, 2.24) is 0 Å². The highest BCUT2D eigenvalue weighted by Gasteiger charge is 2.22. The molecule has 0 aliphatic heterocycles. The van der Waals surface area contributed by atoms with E-state index in [2.05, 4.69) is 15.9 Å². The number of esters is 1. The number of alkyl halides is 2. The van der Waals surface area contributed by atoms with Crippen LogP contribution in [0.15, 0.2) is 53.0 Å². The predicted octanol–water partition coefficient (Wildman–Crippen LogP) is 4.84. The fraction of sp³-hybridized carbons (Fsp3) is 0.235. The van der Waals surface area contributed by atoms with Gasteiger partial charge in [-0.25, -0.2) is 13.6 Å². The number of hydrogen-bond acceptors (Lipinski definition) is 3. The van der Waals surface area contributed by atoms with Gasteiger partial charge in [-0.2, -0.15) is 0 Å². The third-order valence-corrected chi connectivity index (χ3v) is 3.27. The first kappa shape index (κ1) is 17.4. The fourth-order valence-electron chi connectivity index (χ4n) is 1.78. The van der Waals surface area contributed by atoms with Crippen LogP contribution in [0.25, 0.3) is 0 Å². The first-order valence-corrected chi connectivity index (χ1v) is 7.65. The van der Waals surface area contributed by atoms with Crippen LogP contribution >= 0.6 is 15.9 Å². The summed E-state index contributed by atoms with van der Waals surface area (Å²) >= 11 is 3.22. The van der Waals surface area contributed by atoms with Crippen LogP contribution in [0.3, 0.4) is 0 Å². The summed E-state index contributed by atoms with van der Waals surface area (Å²) in [4.78, 5) is 12.1. The van der Waals surface area contributed by atoms with Gasteiger partial charge in [-0.1, -0.05) is 46.3 Å². The fourth-order valence-corrected chi connectivity index (χ4v) is 2.25. The minimum absolute atomic E-state index is 0.134. The van der Waals surface area contributed by atoms with Crippen molar-refractivity contribution >= 4 is 21.9 Å². The number of carbonyl (C=O) groups is 1. The van der Waals surface area contributed by atoms with Gasteiger partial charge in [0.2, 0.25) is 0 Å². The minimum atomic E-state index is -2.95. The number of rotatable bonds is 6. The molecule has 0 aromatic heterocycles. The van der Waals surface area contributed by atoms with Crippen molar-refractivity contribution in [3.63, 3.8) is 0 Å². The van der Waals surface area contributed by atoms with Crippen molar-refractivity contribution in [3.8, 4) is 5.75 Å². The van der Waals surface area contributed by atoms with Crippen LogP contribution in [-0.2, 0) is 11.3 Å². The van der Waals surface area contributed by atoms with E-state index in [4.69, 9.17) is 9.47 Å². The molecule has 23 heavy (non-hydrogen) atoms. The van der Waals surface area contributed by atoms with Crippen molar-refractivity contribution in [2.75, 3.05) is 6.61 Å². The number of halogens is 3. The Labute approximate surface area is 141 Å². The van der Waals surface area contributed by atoms with E-state index in [-0.39, 0.29) is 17.9 Å². The molecule has 0 spiro atoms. The maximum atomic E-state index is 12.8. The molecule has 2 aromatic carbocycles. The van der Waals surface area contributed by atoms with Gasteiger partial charge in [-0.05, 0) is 23.8 Å². The van der Waals surface area contributed by atoms with E-state index in [9.17, 15) is 13.6 Å². The normalized spacial score (nSPS) is 11.1. The van der Waals surface area contributed by atoms with Crippen molar-refractivity contribution in [1.29, 1.82) is 0 Å². The van der Waals surface area contributed by atoms with Gasteiger partial charge in [0.1, 0.15) is 12.4 Å². The van der Waals surface area contributed by atoms with E-state index in [1.54, 1.807) is 6.07 Å². The Morgan fingerprint density at radius 1 is 1.17 bits per heavy atom. The SMILES string of the molecule is CC(F)(F)COc1cc(Br)cc(C(=O)OCc2ccccc2)c1. The molecule has 0 aliphatic rings. The van der Waals surface area contributed by atoms with Crippen molar-refractivity contribution in [3.05, 3.63) is 64.1 Å². The zero-order valence-electron chi connectivity index (χ0n) is 12.4. The lowest BCUT2D eigenvalue weighted by molar-refractivity contribution is -0.0229. The van der Waals surface area contributed by atoms with Gasteiger partial charge in [-0.15, -0.1) is 0 Å². The van der Waals surface area contributed by atoms with Gasteiger partial charge in [0.25, 0.3) is 5.92 Å². The molecule has 0 N–H and O–H groups in total. The molecular weight excluding hydrogens is 370 g/mol. The molecule has 0 saturated heterocycles. The van der Waals surface area contributed by atoms with E-state index >= 15 is 0 Å². The molecular formula is C17H15BrF2O3. The molecule has 2 aromatic rings. The molecule has 6 heteroatoms. The first-order chi connectivity index (χ1) is 10.8. The lowest BCUT2D eigenvalue weighted by Crippen LogP contribution is -2.21. The monoisotopic (exact) mass is 384 g/mol. The van der Waals surface area contributed by atoms with E-state index in [0.29, 0.717) is 4.47 Å². The zero-order chi connectivity index (χ0) is 16.9. The molecule has 0 heterocycles. The summed E-state index contributed by atoms with van der Waals surface area (Å²) in [6.07, 6.45) is 0. The quantitative estimate of drug-likeness (QED) is 0.668. The van der Waals surface area contributed by atoms with Crippen molar-refractivity contribution < 1.29 is 23.0 Å². The summed E-state index contributed by atoms with van der Waals surface area (Å²) < 4.78 is 36.5. The van der Waals surface area contributed by atoms with Crippen LogP contribution < -0.4 is 4.74 Å². The van der Waals surface area contributed by atoms with Crippen LogP contribution in [0, 0.1) is 0 Å². The summed E-state index contributed by atoms with van der Waals surface area (Å²) in [5.41, 5.74) is 1.09. The minimum Gasteiger partial charge on any atom is -0.487 e. The molecule has 2 rings (SSSR count). The maximum absolute atomic E-state index is 12.8. The van der Waals surface area contributed by atoms with Crippen LogP contribution in [0.5, 0.6) is 5.75 Å². The van der Waals surface area contributed by atoms with Gasteiger partial charge >= 0.3 is 5.97 Å². The highest BCUT2D eigenvalue weighted by Crippen LogP contribution is 2.24. The molecule has 122 valence electrons. The largest absolute Gasteiger partial charge is 0.487 e. The molecule has 0 atom stereocenters. The molecule has 0 saturated carbocycles. The molecule has 0 aliphatic carbocycles.